The lowest BCUT2D eigenvalue weighted by atomic mass is 9.85. The summed E-state index contributed by atoms with van der Waals surface area (Å²) in [6.07, 6.45) is 1.64. The van der Waals surface area contributed by atoms with Gasteiger partial charge in [-0.15, -0.1) is 0 Å². The van der Waals surface area contributed by atoms with E-state index in [4.69, 9.17) is 0 Å². The molecule has 0 atom stereocenters. The molecule has 122 valence electrons. The minimum Gasteiger partial charge on any atom is -0.481 e. The Kier molecular flexibility index (Phi) is 5.25. The normalized spacial score (nSPS) is 11.7. The van der Waals surface area contributed by atoms with Gasteiger partial charge in [0.1, 0.15) is 0 Å². The van der Waals surface area contributed by atoms with Gasteiger partial charge in [-0.2, -0.15) is 0 Å². The number of carboxylic acids is 1. The highest BCUT2D eigenvalue weighted by Crippen LogP contribution is 2.25. The molecule has 2 aromatic carbocycles. The molecule has 0 fully saturated rings. The molecule has 1 N–H and O–H groups in total. The molecule has 2 rings (SSSR count). The van der Waals surface area contributed by atoms with E-state index in [0.29, 0.717) is 12.3 Å². The van der Waals surface area contributed by atoms with E-state index < -0.39 is 11.4 Å². The van der Waals surface area contributed by atoms with Crippen LogP contribution in [0, 0.1) is 11.3 Å². The number of hydrogen-bond donors (Lipinski definition) is 1. The fourth-order valence-electron chi connectivity index (χ4n) is 2.71. The topological polar surface area (TPSA) is 37.3 Å². The Bertz CT molecular complexity index is 649. The van der Waals surface area contributed by atoms with Crippen molar-refractivity contribution in [3.05, 3.63) is 59.7 Å². The predicted octanol–water partition coefficient (Wildman–Crippen LogP) is 5.21. The quantitative estimate of drug-likeness (QED) is 0.795. The third kappa shape index (κ3) is 4.69. The summed E-state index contributed by atoms with van der Waals surface area (Å²) in [4.78, 5) is 11.2. The van der Waals surface area contributed by atoms with Gasteiger partial charge in [0.15, 0.2) is 0 Å². The third-order valence-corrected chi connectivity index (χ3v) is 4.11. The number of rotatable bonds is 6. The summed E-state index contributed by atoms with van der Waals surface area (Å²) in [6.45, 7) is 7.98. The van der Waals surface area contributed by atoms with Crippen LogP contribution in [-0.4, -0.2) is 11.1 Å². The second kappa shape index (κ2) is 6.99. The summed E-state index contributed by atoms with van der Waals surface area (Å²) >= 11 is 0. The number of hydrogen-bond acceptors (Lipinski definition) is 1. The van der Waals surface area contributed by atoms with Crippen molar-refractivity contribution in [2.75, 3.05) is 0 Å². The van der Waals surface area contributed by atoms with Gasteiger partial charge in [0, 0.05) is 0 Å². The maximum absolute atomic E-state index is 11.2. The van der Waals surface area contributed by atoms with Crippen LogP contribution in [0.5, 0.6) is 0 Å². The minimum absolute atomic E-state index is 0.538. The monoisotopic (exact) mass is 310 g/mol. The van der Waals surface area contributed by atoms with Gasteiger partial charge in [-0.05, 0) is 54.9 Å². The smallest absolute Gasteiger partial charge is 0.309 e. The summed E-state index contributed by atoms with van der Waals surface area (Å²) in [6, 6.07) is 16.9. The molecule has 0 spiro atoms. The zero-order valence-corrected chi connectivity index (χ0v) is 14.5. The van der Waals surface area contributed by atoms with Crippen LogP contribution in [0.4, 0.5) is 0 Å². The molecule has 0 saturated carbocycles. The number of carbonyl (C=O) groups is 1. The average Bonchev–Trinajstić information content (AvgIpc) is 2.48. The number of aliphatic carboxylic acids is 1. The SMILES string of the molecule is CC(C)Cc1ccc(-c2ccc(CC(C)(C)C(=O)O)cc2)cc1. The Morgan fingerprint density at radius 3 is 1.74 bits per heavy atom. The molecule has 2 nitrogen and oxygen atoms in total. The largest absolute Gasteiger partial charge is 0.481 e. The standard InChI is InChI=1S/C21H26O2/c1-15(2)13-16-5-9-18(10-6-16)19-11-7-17(8-12-19)14-21(3,4)20(22)23/h5-12,15H,13-14H2,1-4H3,(H,22,23). The highest BCUT2D eigenvalue weighted by molar-refractivity contribution is 5.74. The maximum atomic E-state index is 11.2. The second-order valence-corrected chi connectivity index (χ2v) is 7.36. The van der Waals surface area contributed by atoms with Crippen molar-refractivity contribution in [2.45, 2.75) is 40.5 Å². The van der Waals surface area contributed by atoms with Gasteiger partial charge in [-0.1, -0.05) is 62.4 Å². The summed E-state index contributed by atoms with van der Waals surface area (Å²) in [5.41, 5.74) is 4.04. The minimum atomic E-state index is -0.762. The lowest BCUT2D eigenvalue weighted by Gasteiger charge is -2.19. The summed E-state index contributed by atoms with van der Waals surface area (Å²) in [5, 5.41) is 9.22. The van der Waals surface area contributed by atoms with E-state index in [-0.39, 0.29) is 0 Å². The van der Waals surface area contributed by atoms with Crippen LogP contribution in [0.1, 0.15) is 38.8 Å². The summed E-state index contributed by atoms with van der Waals surface area (Å²) in [7, 11) is 0. The van der Waals surface area contributed by atoms with E-state index in [9.17, 15) is 9.90 Å². The van der Waals surface area contributed by atoms with E-state index >= 15 is 0 Å². The van der Waals surface area contributed by atoms with Crippen molar-refractivity contribution in [3.8, 4) is 11.1 Å². The Labute approximate surface area is 139 Å². The van der Waals surface area contributed by atoms with Gasteiger partial charge in [0.05, 0.1) is 5.41 Å². The fraction of sp³-hybridized carbons (Fsp3) is 0.381. The van der Waals surface area contributed by atoms with Crippen molar-refractivity contribution < 1.29 is 9.90 Å². The van der Waals surface area contributed by atoms with E-state index in [1.54, 1.807) is 13.8 Å². The lowest BCUT2D eigenvalue weighted by Crippen LogP contribution is -2.26. The van der Waals surface area contributed by atoms with Gasteiger partial charge in [0.25, 0.3) is 0 Å². The van der Waals surface area contributed by atoms with Gasteiger partial charge < -0.3 is 5.11 Å². The Morgan fingerprint density at radius 1 is 0.913 bits per heavy atom. The maximum Gasteiger partial charge on any atom is 0.309 e. The van der Waals surface area contributed by atoms with Gasteiger partial charge in [0.2, 0.25) is 0 Å². The molecule has 0 amide bonds. The molecule has 0 aliphatic heterocycles. The van der Waals surface area contributed by atoms with E-state index in [1.807, 2.05) is 12.1 Å². The van der Waals surface area contributed by atoms with Crippen molar-refractivity contribution in [1.82, 2.24) is 0 Å². The molecule has 0 unspecified atom stereocenters. The van der Waals surface area contributed by atoms with Crippen LogP contribution in [0.25, 0.3) is 11.1 Å². The van der Waals surface area contributed by atoms with Crippen molar-refractivity contribution in [2.24, 2.45) is 11.3 Å². The first kappa shape index (κ1) is 17.3. The van der Waals surface area contributed by atoms with Crippen LogP contribution in [0.15, 0.2) is 48.5 Å². The van der Waals surface area contributed by atoms with Crippen LogP contribution >= 0.6 is 0 Å². The first-order chi connectivity index (χ1) is 10.8. The number of carboxylic acid groups (broad SMARTS) is 1. The molecule has 0 saturated heterocycles. The molecule has 2 heteroatoms. The molecule has 0 bridgehead atoms. The second-order valence-electron chi connectivity index (χ2n) is 7.36. The van der Waals surface area contributed by atoms with Gasteiger partial charge in [-0.3, -0.25) is 4.79 Å². The van der Waals surface area contributed by atoms with Crippen molar-refractivity contribution in [1.29, 1.82) is 0 Å². The highest BCUT2D eigenvalue weighted by atomic mass is 16.4. The van der Waals surface area contributed by atoms with E-state index in [0.717, 1.165) is 17.5 Å². The fourth-order valence-corrected chi connectivity index (χ4v) is 2.71. The van der Waals surface area contributed by atoms with Gasteiger partial charge in [-0.25, -0.2) is 0 Å². The first-order valence-electron chi connectivity index (χ1n) is 8.19. The van der Waals surface area contributed by atoms with Crippen LogP contribution in [0.3, 0.4) is 0 Å². The third-order valence-electron chi connectivity index (χ3n) is 4.11. The summed E-state index contributed by atoms with van der Waals surface area (Å²) < 4.78 is 0. The lowest BCUT2D eigenvalue weighted by molar-refractivity contribution is -0.146. The first-order valence-corrected chi connectivity index (χ1v) is 8.19. The number of benzene rings is 2. The van der Waals surface area contributed by atoms with Gasteiger partial charge >= 0.3 is 5.97 Å². The van der Waals surface area contributed by atoms with Crippen LogP contribution in [0.2, 0.25) is 0 Å². The van der Waals surface area contributed by atoms with Crippen molar-refractivity contribution >= 4 is 5.97 Å². The molecule has 2 aromatic rings. The molecule has 0 aromatic heterocycles. The molecule has 0 radical (unpaired) electrons. The van der Waals surface area contributed by atoms with Crippen molar-refractivity contribution in [3.63, 3.8) is 0 Å². The molecule has 0 aliphatic carbocycles. The van der Waals surface area contributed by atoms with Crippen LogP contribution < -0.4 is 0 Å². The van der Waals surface area contributed by atoms with E-state index in [2.05, 4.69) is 50.2 Å². The zero-order valence-electron chi connectivity index (χ0n) is 14.5. The molecule has 0 heterocycles. The Hall–Kier alpha value is -2.09. The zero-order chi connectivity index (χ0) is 17.0. The highest BCUT2D eigenvalue weighted by Gasteiger charge is 2.27. The predicted molar refractivity (Wildman–Crippen MR) is 95.5 cm³/mol. The molecular weight excluding hydrogens is 284 g/mol. The average molecular weight is 310 g/mol. The van der Waals surface area contributed by atoms with Crippen LogP contribution in [-0.2, 0) is 17.6 Å². The molecule has 0 aliphatic rings. The molecule has 23 heavy (non-hydrogen) atoms. The van der Waals surface area contributed by atoms with E-state index in [1.165, 1.54) is 11.1 Å². The Morgan fingerprint density at radius 2 is 1.35 bits per heavy atom. The Balaban J connectivity index is 2.12. The molecular formula is C21H26O2. The summed E-state index contributed by atoms with van der Waals surface area (Å²) in [5.74, 6) is -0.0972.